The zero-order valence-corrected chi connectivity index (χ0v) is 14.2. The summed E-state index contributed by atoms with van der Waals surface area (Å²) in [4.78, 5) is 15.3. The number of carbonyl (C=O) groups is 1. The van der Waals surface area contributed by atoms with Crippen molar-refractivity contribution in [3.8, 4) is 0 Å². The Morgan fingerprint density at radius 2 is 1.86 bits per heavy atom. The minimum atomic E-state index is -0.0515. The molecule has 0 aromatic heterocycles. The topological polar surface area (TPSA) is 46.3 Å². The molecule has 2 N–H and O–H groups in total. The zero-order valence-electron chi connectivity index (χ0n) is 14.2. The number of likely N-dealkylation sites (tertiary alicyclic amines) is 1. The van der Waals surface area contributed by atoms with E-state index in [0.717, 1.165) is 12.1 Å². The molecule has 2 fully saturated rings. The summed E-state index contributed by atoms with van der Waals surface area (Å²) < 4.78 is 0. The summed E-state index contributed by atoms with van der Waals surface area (Å²) in [6, 6.07) is 7.81. The summed E-state index contributed by atoms with van der Waals surface area (Å²) in [5.74, 6) is 0.217. The number of carbonyl (C=O) groups excluding carboxylic acids is 1. The first-order chi connectivity index (χ1) is 10.2. The van der Waals surface area contributed by atoms with Crippen LogP contribution in [0, 0.1) is 10.8 Å². The van der Waals surface area contributed by atoms with Crippen LogP contribution in [0.5, 0.6) is 0 Å². The molecule has 1 aromatic rings. The van der Waals surface area contributed by atoms with Gasteiger partial charge in [-0.2, -0.15) is 0 Å². The molecule has 1 aromatic carbocycles. The van der Waals surface area contributed by atoms with Crippen LogP contribution in [0.25, 0.3) is 0 Å². The Morgan fingerprint density at radius 3 is 2.50 bits per heavy atom. The first-order valence-electron chi connectivity index (χ1n) is 8.35. The zero-order chi connectivity index (χ0) is 16.1. The summed E-state index contributed by atoms with van der Waals surface area (Å²) in [5.41, 5.74) is 7.94. The van der Waals surface area contributed by atoms with Crippen molar-refractivity contribution in [2.75, 3.05) is 12.3 Å². The normalized spacial score (nSPS) is 31.9. The number of hydrogen-bond donors (Lipinski definition) is 1. The van der Waals surface area contributed by atoms with Gasteiger partial charge in [0.2, 0.25) is 0 Å². The predicted molar refractivity (Wildman–Crippen MR) is 90.9 cm³/mol. The number of Topliss-reactive ketones (excluding diaryl/α,β-unsaturated/α-hetero) is 1. The van der Waals surface area contributed by atoms with Gasteiger partial charge in [-0.3, -0.25) is 9.69 Å². The molecule has 1 saturated carbocycles. The minimum Gasteiger partial charge on any atom is -0.399 e. The predicted octanol–water partition coefficient (Wildman–Crippen LogP) is 3.74. The molecular weight excluding hydrogens is 272 g/mol. The minimum absolute atomic E-state index is 0.0515. The van der Waals surface area contributed by atoms with Gasteiger partial charge in [-0.15, -0.1) is 0 Å². The maximum atomic E-state index is 12.8. The van der Waals surface area contributed by atoms with E-state index in [1.807, 2.05) is 24.3 Å². The number of ketones is 1. The second-order valence-electron chi connectivity index (χ2n) is 8.55. The molecule has 1 heterocycles. The number of anilines is 1. The van der Waals surface area contributed by atoms with E-state index in [9.17, 15) is 4.79 Å². The Kier molecular flexibility index (Phi) is 3.59. The molecule has 1 aliphatic heterocycles. The lowest BCUT2D eigenvalue weighted by atomic mass is 9.65. The van der Waals surface area contributed by atoms with Crippen LogP contribution in [0.3, 0.4) is 0 Å². The van der Waals surface area contributed by atoms with Gasteiger partial charge in [-0.05, 0) is 61.3 Å². The third-order valence-electron chi connectivity index (χ3n) is 5.53. The molecule has 3 atom stereocenters. The Bertz CT molecular complexity index is 578. The van der Waals surface area contributed by atoms with Crippen LogP contribution < -0.4 is 5.73 Å². The Hall–Kier alpha value is -1.35. The molecule has 22 heavy (non-hydrogen) atoms. The average Bonchev–Trinajstić information content (AvgIpc) is 2.67. The van der Waals surface area contributed by atoms with Crippen molar-refractivity contribution in [1.29, 1.82) is 0 Å². The summed E-state index contributed by atoms with van der Waals surface area (Å²) >= 11 is 0. The monoisotopic (exact) mass is 300 g/mol. The Morgan fingerprint density at radius 1 is 1.23 bits per heavy atom. The van der Waals surface area contributed by atoms with E-state index < -0.39 is 0 Å². The van der Waals surface area contributed by atoms with Gasteiger partial charge in [0.05, 0.1) is 6.04 Å². The highest BCUT2D eigenvalue weighted by Gasteiger charge is 2.51. The van der Waals surface area contributed by atoms with E-state index in [1.165, 1.54) is 19.3 Å². The van der Waals surface area contributed by atoms with Crippen molar-refractivity contribution in [2.45, 2.75) is 59.0 Å². The maximum Gasteiger partial charge on any atom is 0.179 e. The van der Waals surface area contributed by atoms with Crippen LogP contribution >= 0.6 is 0 Å². The fourth-order valence-corrected chi connectivity index (χ4v) is 5.00. The van der Waals surface area contributed by atoms with E-state index >= 15 is 0 Å². The lowest BCUT2D eigenvalue weighted by molar-refractivity contribution is 0.0785. The quantitative estimate of drug-likeness (QED) is 0.683. The first-order valence-corrected chi connectivity index (χ1v) is 8.35. The smallest absolute Gasteiger partial charge is 0.179 e. The van der Waals surface area contributed by atoms with Gasteiger partial charge in [-0.25, -0.2) is 0 Å². The van der Waals surface area contributed by atoms with Crippen LogP contribution in [0.2, 0.25) is 0 Å². The molecule has 3 rings (SSSR count). The fourth-order valence-electron chi connectivity index (χ4n) is 5.00. The largest absolute Gasteiger partial charge is 0.399 e. The number of fused-ring (bicyclic) bond motifs is 2. The molecule has 0 radical (unpaired) electrons. The molecule has 2 bridgehead atoms. The molecule has 0 spiro atoms. The number of nitrogen functional groups attached to an aromatic ring is 1. The highest BCUT2D eigenvalue weighted by Crippen LogP contribution is 2.53. The van der Waals surface area contributed by atoms with Crippen LogP contribution in [0.1, 0.15) is 57.3 Å². The van der Waals surface area contributed by atoms with Crippen LogP contribution in [0.15, 0.2) is 24.3 Å². The number of benzene rings is 1. The standard InChI is InChI=1S/C19H28N2O/c1-13(17(22)14-5-7-15(20)8-6-14)21-12-19(4)10-16(21)9-18(2,3)11-19/h5-8,13,16H,9-12,20H2,1-4H3. The molecule has 1 aliphatic carbocycles. The van der Waals surface area contributed by atoms with Crippen molar-refractivity contribution in [1.82, 2.24) is 4.90 Å². The van der Waals surface area contributed by atoms with Crippen molar-refractivity contribution in [3.63, 3.8) is 0 Å². The molecular formula is C19H28N2O. The highest BCUT2D eigenvalue weighted by molar-refractivity contribution is 6.00. The van der Waals surface area contributed by atoms with Gasteiger partial charge in [0.25, 0.3) is 0 Å². The summed E-state index contributed by atoms with van der Waals surface area (Å²) in [6.07, 6.45) is 3.69. The Labute approximate surface area is 133 Å². The van der Waals surface area contributed by atoms with Gasteiger partial charge < -0.3 is 5.73 Å². The number of rotatable bonds is 3. The van der Waals surface area contributed by atoms with E-state index in [-0.39, 0.29) is 11.8 Å². The second-order valence-corrected chi connectivity index (χ2v) is 8.55. The van der Waals surface area contributed by atoms with Gasteiger partial charge in [-0.1, -0.05) is 20.8 Å². The highest BCUT2D eigenvalue weighted by atomic mass is 16.1. The number of nitrogens with zero attached hydrogens (tertiary/aromatic N) is 1. The van der Waals surface area contributed by atoms with E-state index in [4.69, 9.17) is 5.73 Å². The molecule has 3 nitrogen and oxygen atoms in total. The van der Waals surface area contributed by atoms with Crippen LogP contribution in [-0.2, 0) is 0 Å². The third-order valence-corrected chi connectivity index (χ3v) is 5.53. The van der Waals surface area contributed by atoms with Gasteiger partial charge in [0.1, 0.15) is 0 Å². The van der Waals surface area contributed by atoms with Crippen LogP contribution in [-0.4, -0.2) is 29.3 Å². The fraction of sp³-hybridized carbons (Fsp3) is 0.632. The maximum absolute atomic E-state index is 12.8. The molecule has 1 saturated heterocycles. The van der Waals surface area contributed by atoms with E-state index in [2.05, 4.69) is 32.6 Å². The molecule has 120 valence electrons. The average molecular weight is 300 g/mol. The lowest BCUT2D eigenvalue weighted by Crippen LogP contribution is -2.43. The van der Waals surface area contributed by atoms with Gasteiger partial charge in [0.15, 0.2) is 5.78 Å². The van der Waals surface area contributed by atoms with Crippen molar-refractivity contribution in [3.05, 3.63) is 29.8 Å². The SMILES string of the molecule is CC(C(=O)c1ccc(N)cc1)N1CC2(C)CC1CC(C)(C)C2. The number of hydrogen-bond acceptors (Lipinski definition) is 3. The van der Waals surface area contributed by atoms with Crippen LogP contribution in [0.4, 0.5) is 5.69 Å². The summed E-state index contributed by atoms with van der Waals surface area (Å²) in [5, 5.41) is 0. The summed E-state index contributed by atoms with van der Waals surface area (Å²) in [6.45, 7) is 10.2. The molecule has 0 amide bonds. The van der Waals surface area contributed by atoms with Crippen molar-refractivity contribution >= 4 is 11.5 Å². The third kappa shape index (κ3) is 2.79. The van der Waals surface area contributed by atoms with Crippen molar-refractivity contribution < 1.29 is 4.79 Å². The van der Waals surface area contributed by atoms with Gasteiger partial charge in [0, 0.05) is 23.8 Å². The van der Waals surface area contributed by atoms with E-state index in [1.54, 1.807) is 0 Å². The lowest BCUT2D eigenvalue weighted by Gasteiger charge is -2.40. The molecule has 3 unspecified atom stereocenters. The molecule has 2 aliphatic rings. The first kappa shape index (κ1) is 15.5. The van der Waals surface area contributed by atoms with Gasteiger partial charge >= 0.3 is 0 Å². The molecule has 3 heteroatoms. The summed E-state index contributed by atoms with van der Waals surface area (Å²) in [7, 11) is 0. The number of nitrogens with two attached hydrogens (primary N) is 1. The Balaban J connectivity index is 1.79. The second kappa shape index (κ2) is 5.09. The van der Waals surface area contributed by atoms with Crippen molar-refractivity contribution in [2.24, 2.45) is 10.8 Å². The van der Waals surface area contributed by atoms with E-state index in [0.29, 0.717) is 22.6 Å².